The molecule has 4 nitrogen and oxygen atoms in total. The Morgan fingerprint density at radius 1 is 0.917 bits per heavy atom. The highest BCUT2D eigenvalue weighted by molar-refractivity contribution is 6.34. The molecule has 0 aromatic rings. The van der Waals surface area contributed by atoms with Crippen LogP contribution in [0.25, 0.3) is 0 Å². The molecule has 0 aromatic carbocycles. The predicted octanol–water partition coefficient (Wildman–Crippen LogP) is -0.611. The molecule has 4 heteroatoms. The van der Waals surface area contributed by atoms with Gasteiger partial charge < -0.3 is 0 Å². The van der Waals surface area contributed by atoms with Gasteiger partial charge in [-0.3, -0.25) is 19.2 Å². The van der Waals surface area contributed by atoms with E-state index in [1.807, 2.05) is 0 Å². The average molecular weight is 164 g/mol. The first kappa shape index (κ1) is 8.26. The number of carbonyl (C=O) groups is 4. The number of ketones is 2. The Labute approximate surface area is 67.6 Å². The fourth-order valence-electron chi connectivity index (χ4n) is 0.821. The zero-order valence-electron chi connectivity index (χ0n) is 5.94. The summed E-state index contributed by atoms with van der Waals surface area (Å²) in [5, 5.41) is 0. The monoisotopic (exact) mass is 164 g/mol. The molecule has 12 heavy (non-hydrogen) atoms. The molecule has 1 aliphatic rings. The predicted molar refractivity (Wildman–Crippen MR) is 38.3 cm³/mol. The van der Waals surface area contributed by atoms with Crippen LogP contribution < -0.4 is 0 Å². The van der Waals surface area contributed by atoms with Crippen molar-refractivity contribution >= 4 is 24.1 Å². The van der Waals surface area contributed by atoms with Crippen molar-refractivity contribution in [1.82, 2.24) is 0 Å². The van der Waals surface area contributed by atoms with E-state index in [0.717, 1.165) is 12.2 Å². The zero-order chi connectivity index (χ0) is 9.14. The summed E-state index contributed by atoms with van der Waals surface area (Å²) in [4.78, 5) is 42.1. The van der Waals surface area contributed by atoms with Gasteiger partial charge in [0.25, 0.3) is 0 Å². The van der Waals surface area contributed by atoms with Gasteiger partial charge in [0.1, 0.15) is 0 Å². The Hall–Kier alpha value is -1.84. The van der Waals surface area contributed by atoms with E-state index in [1.165, 1.54) is 0 Å². The van der Waals surface area contributed by atoms with Crippen molar-refractivity contribution in [2.24, 2.45) is 0 Å². The molecule has 0 saturated carbocycles. The molecule has 0 fully saturated rings. The lowest BCUT2D eigenvalue weighted by Gasteiger charge is -2.02. The Morgan fingerprint density at radius 3 is 1.67 bits per heavy atom. The van der Waals surface area contributed by atoms with Crippen LogP contribution in [0.5, 0.6) is 0 Å². The van der Waals surface area contributed by atoms with Crippen molar-refractivity contribution in [2.45, 2.75) is 0 Å². The lowest BCUT2D eigenvalue weighted by Crippen LogP contribution is -2.15. The minimum absolute atomic E-state index is 0.261. The van der Waals surface area contributed by atoms with E-state index in [1.54, 1.807) is 0 Å². The minimum atomic E-state index is -0.695. The molecular formula is C8H4O4. The minimum Gasteiger partial charge on any atom is -0.298 e. The molecule has 0 atom stereocenters. The maximum Gasteiger partial charge on any atom is 0.199 e. The highest BCUT2D eigenvalue weighted by Crippen LogP contribution is 2.08. The van der Waals surface area contributed by atoms with Gasteiger partial charge in [0.2, 0.25) is 0 Å². The highest BCUT2D eigenvalue weighted by atomic mass is 16.2. The first-order chi connectivity index (χ1) is 5.69. The van der Waals surface area contributed by atoms with Crippen LogP contribution >= 0.6 is 0 Å². The third kappa shape index (κ3) is 1.27. The van der Waals surface area contributed by atoms with Gasteiger partial charge in [0.15, 0.2) is 24.1 Å². The molecular weight excluding hydrogens is 160 g/mol. The number of rotatable bonds is 2. The third-order valence-corrected chi connectivity index (χ3v) is 1.37. The van der Waals surface area contributed by atoms with Crippen molar-refractivity contribution in [3.8, 4) is 0 Å². The molecule has 0 unspecified atom stereocenters. The maximum atomic E-state index is 11.0. The van der Waals surface area contributed by atoms with E-state index >= 15 is 0 Å². The maximum absolute atomic E-state index is 11.0. The second-order valence-corrected chi connectivity index (χ2v) is 2.17. The van der Waals surface area contributed by atoms with Crippen LogP contribution in [0, 0.1) is 0 Å². The first-order valence-corrected chi connectivity index (χ1v) is 3.11. The van der Waals surface area contributed by atoms with Gasteiger partial charge in [-0.25, -0.2) is 0 Å². The van der Waals surface area contributed by atoms with Crippen molar-refractivity contribution in [2.75, 3.05) is 0 Å². The summed E-state index contributed by atoms with van der Waals surface area (Å²) in [6.45, 7) is 0. The molecule has 1 aliphatic carbocycles. The standard InChI is InChI=1S/C8H4O4/c9-3-5-1-7(11)2-6(4-10)8(5)12/h1-4H. The second kappa shape index (κ2) is 3.04. The van der Waals surface area contributed by atoms with E-state index < -0.39 is 11.6 Å². The quantitative estimate of drug-likeness (QED) is 0.310. The molecule has 0 amide bonds. The molecule has 0 spiro atoms. The molecule has 0 aliphatic heterocycles. The number of aldehydes is 2. The molecule has 0 aromatic heterocycles. The Morgan fingerprint density at radius 2 is 1.33 bits per heavy atom. The first-order valence-electron chi connectivity index (χ1n) is 3.11. The Kier molecular flexibility index (Phi) is 2.09. The van der Waals surface area contributed by atoms with Gasteiger partial charge in [-0.15, -0.1) is 0 Å². The van der Waals surface area contributed by atoms with Gasteiger partial charge >= 0.3 is 0 Å². The van der Waals surface area contributed by atoms with Crippen LogP contribution in [0.2, 0.25) is 0 Å². The molecule has 0 bridgehead atoms. The van der Waals surface area contributed by atoms with Gasteiger partial charge in [-0.05, 0) is 12.2 Å². The fraction of sp³-hybridized carbons (Fsp3) is 0. The van der Waals surface area contributed by atoms with Crippen LogP contribution in [0.1, 0.15) is 0 Å². The summed E-state index contributed by atoms with van der Waals surface area (Å²) < 4.78 is 0. The zero-order valence-corrected chi connectivity index (χ0v) is 5.94. The molecule has 0 radical (unpaired) electrons. The molecule has 0 heterocycles. The smallest absolute Gasteiger partial charge is 0.199 e. The van der Waals surface area contributed by atoms with Gasteiger partial charge in [0.05, 0.1) is 11.1 Å². The van der Waals surface area contributed by atoms with Crippen LogP contribution in [-0.2, 0) is 19.2 Å². The average Bonchev–Trinajstić information content (AvgIpc) is 2.08. The number of hydrogen-bond acceptors (Lipinski definition) is 4. The van der Waals surface area contributed by atoms with E-state index in [4.69, 9.17) is 0 Å². The normalized spacial score (nSPS) is 16.7. The van der Waals surface area contributed by atoms with Crippen molar-refractivity contribution in [3.05, 3.63) is 23.3 Å². The van der Waals surface area contributed by atoms with Gasteiger partial charge in [0, 0.05) is 0 Å². The Bertz CT molecular complexity index is 303. The van der Waals surface area contributed by atoms with Crippen molar-refractivity contribution in [3.63, 3.8) is 0 Å². The summed E-state index contributed by atoms with van der Waals surface area (Å²) in [7, 11) is 0. The lowest BCUT2D eigenvalue weighted by molar-refractivity contribution is -0.119. The van der Waals surface area contributed by atoms with Crippen LogP contribution in [0.15, 0.2) is 23.3 Å². The number of hydrogen-bond donors (Lipinski definition) is 0. The number of allylic oxidation sites excluding steroid dienone is 4. The third-order valence-electron chi connectivity index (χ3n) is 1.37. The Balaban J connectivity index is 3.13. The lowest BCUT2D eigenvalue weighted by atomic mass is 9.98. The van der Waals surface area contributed by atoms with Crippen molar-refractivity contribution in [1.29, 1.82) is 0 Å². The largest absolute Gasteiger partial charge is 0.298 e. The summed E-state index contributed by atoms with van der Waals surface area (Å²) >= 11 is 0. The molecule has 0 N–H and O–H groups in total. The molecule has 1 rings (SSSR count). The van der Waals surface area contributed by atoms with Gasteiger partial charge in [-0.2, -0.15) is 0 Å². The topological polar surface area (TPSA) is 68.3 Å². The summed E-state index contributed by atoms with van der Waals surface area (Å²) in [6, 6.07) is 0. The van der Waals surface area contributed by atoms with Crippen LogP contribution in [-0.4, -0.2) is 24.1 Å². The van der Waals surface area contributed by atoms with Crippen LogP contribution in [0.4, 0.5) is 0 Å². The summed E-state index contributed by atoms with van der Waals surface area (Å²) in [6.07, 6.45) is 2.33. The van der Waals surface area contributed by atoms with E-state index in [-0.39, 0.29) is 23.7 Å². The van der Waals surface area contributed by atoms with Crippen LogP contribution in [0.3, 0.4) is 0 Å². The molecule has 60 valence electrons. The van der Waals surface area contributed by atoms with E-state index in [9.17, 15) is 19.2 Å². The SMILES string of the molecule is O=CC1=CC(=O)C=C(C=O)C1=O. The van der Waals surface area contributed by atoms with E-state index in [0.29, 0.717) is 0 Å². The van der Waals surface area contributed by atoms with Gasteiger partial charge in [-0.1, -0.05) is 0 Å². The summed E-state index contributed by atoms with van der Waals surface area (Å²) in [5.74, 6) is -1.21. The fourth-order valence-corrected chi connectivity index (χ4v) is 0.821. The van der Waals surface area contributed by atoms with E-state index in [2.05, 4.69) is 0 Å². The highest BCUT2D eigenvalue weighted by Gasteiger charge is 2.20. The second-order valence-electron chi connectivity index (χ2n) is 2.17. The number of carbonyl (C=O) groups excluding carboxylic acids is 4. The molecule has 0 saturated heterocycles. The summed E-state index contributed by atoms with van der Waals surface area (Å²) in [5.41, 5.74) is -0.547. The van der Waals surface area contributed by atoms with Crippen molar-refractivity contribution < 1.29 is 19.2 Å². The number of Topliss-reactive ketones (excluding diaryl/α,β-unsaturated/α-hetero) is 1.